The van der Waals surface area contributed by atoms with Crippen LogP contribution in [-0.2, 0) is 29.0 Å². The molecule has 3 N–H and O–H groups in total. The lowest BCUT2D eigenvalue weighted by Crippen LogP contribution is -2.52. The van der Waals surface area contributed by atoms with E-state index in [1.807, 2.05) is 4.98 Å². The Balaban J connectivity index is 2.18. The predicted molar refractivity (Wildman–Crippen MR) is 98.0 cm³/mol. The van der Waals surface area contributed by atoms with E-state index in [2.05, 4.69) is 0 Å². The highest BCUT2D eigenvalue weighted by Crippen LogP contribution is 2.51. The maximum atomic E-state index is 12.8. The number of hydrogen-bond donors (Lipinski definition) is 3. The highest BCUT2D eigenvalue weighted by atomic mass is 31.2. The second kappa shape index (κ2) is 8.58. The van der Waals surface area contributed by atoms with Crippen LogP contribution in [0.5, 0.6) is 0 Å². The highest BCUT2D eigenvalue weighted by molar-refractivity contribution is 7.53. The van der Waals surface area contributed by atoms with Crippen molar-refractivity contribution in [3.63, 3.8) is 0 Å². The third-order valence-electron chi connectivity index (χ3n) is 3.85. The predicted octanol–water partition coefficient (Wildman–Crippen LogP) is 0.225. The zero-order chi connectivity index (χ0) is 21.3. The molecular formula is C16H27N2O9P. The van der Waals surface area contributed by atoms with E-state index in [1.54, 1.807) is 27.7 Å². The molecule has 12 heteroatoms. The lowest BCUT2D eigenvalue weighted by Gasteiger charge is -2.29. The van der Waals surface area contributed by atoms with Crippen molar-refractivity contribution in [3.05, 3.63) is 32.6 Å². The highest BCUT2D eigenvalue weighted by Gasteiger charge is 2.52. The number of H-pyrrole nitrogens is 1. The van der Waals surface area contributed by atoms with Gasteiger partial charge in [-0.25, -0.2) is 9.36 Å². The van der Waals surface area contributed by atoms with Crippen LogP contribution in [-0.4, -0.2) is 57.1 Å². The molecule has 2 rings (SSSR count). The number of aryl methyl sites for hydroxylation is 1. The maximum Gasteiger partial charge on any atom is 0.356 e. The van der Waals surface area contributed by atoms with E-state index in [-0.39, 0.29) is 12.2 Å². The number of rotatable bonds is 8. The summed E-state index contributed by atoms with van der Waals surface area (Å²) in [7, 11) is -3.63. The van der Waals surface area contributed by atoms with Gasteiger partial charge < -0.3 is 28.7 Å². The number of aromatic nitrogens is 2. The van der Waals surface area contributed by atoms with Crippen molar-refractivity contribution in [2.75, 3.05) is 13.0 Å². The molecule has 3 atom stereocenters. The number of aromatic amines is 1. The number of nitrogens with zero attached hydrogens (tertiary/aromatic N) is 1. The van der Waals surface area contributed by atoms with E-state index in [0.29, 0.717) is 4.57 Å². The number of ether oxygens (including phenoxy) is 2. The van der Waals surface area contributed by atoms with Crippen molar-refractivity contribution < 1.29 is 33.3 Å². The van der Waals surface area contributed by atoms with E-state index >= 15 is 0 Å². The molecule has 0 amide bonds. The molecule has 1 fully saturated rings. The van der Waals surface area contributed by atoms with E-state index in [9.17, 15) is 24.4 Å². The van der Waals surface area contributed by atoms with E-state index in [4.69, 9.17) is 18.5 Å². The molecule has 0 bridgehead atoms. The zero-order valence-corrected chi connectivity index (χ0v) is 17.3. The second-order valence-electron chi connectivity index (χ2n) is 7.11. The molecular weight excluding hydrogens is 395 g/mol. The standard InChI is InChI=1S/C16H27N2O9P/c1-9(2)26-28(23,27-10(3)4)8-24-12-7-25-16(22,13(12)19)18-6-11(5)14(20)17-15(18)21/h6,9-10,12-13,19,22H,7-8H2,1-5H3,(H,17,20,21)/t12-,13+,16-/m1/s1. The summed E-state index contributed by atoms with van der Waals surface area (Å²) in [4.78, 5) is 25.6. The first-order valence-electron chi connectivity index (χ1n) is 8.83. The van der Waals surface area contributed by atoms with Gasteiger partial charge in [-0.2, -0.15) is 0 Å². The number of hydrogen-bond acceptors (Lipinski definition) is 9. The minimum absolute atomic E-state index is 0.133. The smallest absolute Gasteiger partial charge is 0.356 e. The fraction of sp³-hybridized carbons (Fsp3) is 0.750. The Kier molecular flexibility index (Phi) is 7.03. The minimum atomic E-state index is -3.63. The first-order valence-corrected chi connectivity index (χ1v) is 10.6. The van der Waals surface area contributed by atoms with Gasteiger partial charge in [-0.1, -0.05) is 0 Å². The fourth-order valence-electron chi connectivity index (χ4n) is 2.69. The molecule has 0 aromatic carbocycles. The maximum absolute atomic E-state index is 12.8. The number of nitrogens with one attached hydrogen (secondary N) is 1. The Bertz CT molecular complexity index is 835. The second-order valence-corrected chi connectivity index (χ2v) is 9.01. The normalized spacial score (nSPS) is 25.8. The Morgan fingerprint density at radius 2 is 1.89 bits per heavy atom. The van der Waals surface area contributed by atoms with Crippen LogP contribution in [0.4, 0.5) is 0 Å². The SMILES string of the molecule is Cc1cn([C@]2(O)OC[C@@H](OCP(=O)(OC(C)C)OC(C)C)[C@@H]2O)c(=O)[nH]c1=O. The summed E-state index contributed by atoms with van der Waals surface area (Å²) in [5.41, 5.74) is -1.45. The van der Waals surface area contributed by atoms with Gasteiger partial charge >= 0.3 is 13.3 Å². The van der Waals surface area contributed by atoms with Crippen molar-refractivity contribution in [2.45, 2.75) is 64.9 Å². The molecule has 1 saturated heterocycles. The summed E-state index contributed by atoms with van der Waals surface area (Å²) in [6.07, 6.45) is -3.02. The number of aliphatic hydroxyl groups excluding tert-OH is 1. The van der Waals surface area contributed by atoms with Crippen molar-refractivity contribution in [1.29, 1.82) is 0 Å². The topological polar surface area (TPSA) is 149 Å². The van der Waals surface area contributed by atoms with Crippen LogP contribution in [0.3, 0.4) is 0 Å². The van der Waals surface area contributed by atoms with Crippen LogP contribution in [0.15, 0.2) is 15.8 Å². The van der Waals surface area contributed by atoms with Gasteiger partial charge in [0.2, 0.25) is 0 Å². The molecule has 0 spiro atoms. The lowest BCUT2D eigenvalue weighted by molar-refractivity contribution is -0.278. The molecule has 1 aliphatic rings. The van der Waals surface area contributed by atoms with Crippen LogP contribution in [0.2, 0.25) is 0 Å². The molecule has 1 aliphatic heterocycles. The molecule has 28 heavy (non-hydrogen) atoms. The van der Waals surface area contributed by atoms with Gasteiger partial charge in [-0.05, 0) is 34.6 Å². The molecule has 0 radical (unpaired) electrons. The van der Waals surface area contributed by atoms with Gasteiger partial charge in [0, 0.05) is 11.8 Å². The molecule has 0 saturated carbocycles. The zero-order valence-electron chi connectivity index (χ0n) is 16.4. The Morgan fingerprint density at radius 1 is 1.32 bits per heavy atom. The Morgan fingerprint density at radius 3 is 2.43 bits per heavy atom. The summed E-state index contributed by atoms with van der Waals surface area (Å²) < 4.78 is 34.9. The van der Waals surface area contributed by atoms with E-state index in [0.717, 1.165) is 6.20 Å². The summed E-state index contributed by atoms with van der Waals surface area (Å²) in [6, 6.07) is 0. The quantitative estimate of drug-likeness (QED) is 0.500. The molecule has 160 valence electrons. The van der Waals surface area contributed by atoms with Crippen LogP contribution in [0, 0.1) is 6.92 Å². The molecule has 2 heterocycles. The Hall–Kier alpha value is -1.33. The molecule has 11 nitrogen and oxygen atoms in total. The lowest BCUT2D eigenvalue weighted by atomic mass is 10.2. The van der Waals surface area contributed by atoms with Crippen LogP contribution >= 0.6 is 7.60 Å². The van der Waals surface area contributed by atoms with Crippen molar-refractivity contribution in [3.8, 4) is 0 Å². The molecule has 1 aromatic heterocycles. The van der Waals surface area contributed by atoms with Gasteiger partial charge in [0.15, 0.2) is 6.10 Å². The first-order chi connectivity index (χ1) is 12.9. The average Bonchev–Trinajstić information content (AvgIpc) is 2.83. The largest absolute Gasteiger partial charge is 0.382 e. The van der Waals surface area contributed by atoms with Gasteiger partial charge in [0.1, 0.15) is 12.5 Å². The van der Waals surface area contributed by atoms with Crippen LogP contribution in [0.1, 0.15) is 33.3 Å². The number of aliphatic hydroxyl groups is 2. The van der Waals surface area contributed by atoms with Crippen LogP contribution < -0.4 is 11.2 Å². The van der Waals surface area contributed by atoms with Crippen molar-refractivity contribution in [2.24, 2.45) is 0 Å². The molecule has 1 aromatic rings. The monoisotopic (exact) mass is 422 g/mol. The Labute approximate surface area is 161 Å². The fourth-order valence-corrected chi connectivity index (χ4v) is 4.52. The molecule has 0 unspecified atom stereocenters. The average molecular weight is 422 g/mol. The third kappa shape index (κ3) is 4.98. The van der Waals surface area contributed by atoms with Gasteiger partial charge in [0.05, 0.1) is 18.8 Å². The minimum Gasteiger partial charge on any atom is -0.382 e. The summed E-state index contributed by atoms with van der Waals surface area (Å²) >= 11 is 0. The van der Waals surface area contributed by atoms with E-state index < -0.39 is 55.5 Å². The third-order valence-corrected chi connectivity index (χ3v) is 5.80. The van der Waals surface area contributed by atoms with Crippen LogP contribution in [0.25, 0.3) is 0 Å². The summed E-state index contributed by atoms with van der Waals surface area (Å²) in [5.74, 6) is -2.46. The summed E-state index contributed by atoms with van der Waals surface area (Å²) in [5, 5.41) is 21.2. The van der Waals surface area contributed by atoms with Crippen molar-refractivity contribution in [1.82, 2.24) is 9.55 Å². The van der Waals surface area contributed by atoms with Gasteiger partial charge in [0.25, 0.3) is 11.5 Å². The van der Waals surface area contributed by atoms with Gasteiger partial charge in [-0.3, -0.25) is 14.3 Å². The van der Waals surface area contributed by atoms with Gasteiger partial charge in [-0.15, -0.1) is 0 Å². The molecule has 0 aliphatic carbocycles. The van der Waals surface area contributed by atoms with E-state index in [1.165, 1.54) is 6.92 Å². The first kappa shape index (κ1) is 23.0. The summed E-state index contributed by atoms with van der Waals surface area (Å²) in [6.45, 7) is 7.88. The van der Waals surface area contributed by atoms with Crippen molar-refractivity contribution >= 4 is 7.60 Å².